The molecule has 3 heterocycles. The van der Waals surface area contributed by atoms with Crippen LogP contribution in [0.1, 0.15) is 55.1 Å². The summed E-state index contributed by atoms with van der Waals surface area (Å²) in [4.78, 5) is 44.6. The van der Waals surface area contributed by atoms with Crippen LogP contribution in [0, 0.1) is 6.92 Å². The number of para-hydroxylation sites is 1. The number of imidazole rings is 1. The van der Waals surface area contributed by atoms with Crippen molar-refractivity contribution in [1.82, 2.24) is 19.1 Å². The zero-order valence-corrected chi connectivity index (χ0v) is 18.4. The maximum absolute atomic E-state index is 12.7. The number of hydrogen-bond donors (Lipinski definition) is 1. The Morgan fingerprint density at radius 3 is 2.62 bits per heavy atom. The summed E-state index contributed by atoms with van der Waals surface area (Å²) in [5.74, 6) is -0.0570. The number of carbonyl (C=O) groups excluding carboxylic acids is 1. The van der Waals surface area contributed by atoms with Gasteiger partial charge in [-0.25, -0.2) is 14.6 Å². The molecule has 168 valence electrons. The summed E-state index contributed by atoms with van der Waals surface area (Å²) < 4.78 is 14.4. The van der Waals surface area contributed by atoms with E-state index in [9.17, 15) is 14.4 Å². The monoisotopic (exact) mass is 438 g/mol. The standard InChI is InChI=1S/C23H26N4O5/c1-4-6-12-27-20-18(21(28)25-23(27)30)26(11-5-2)17(24-20)13-31-22(29)19-14(3)15-9-7-8-10-16(15)32-19/h7-10H,4-6,11-13H2,1-3H3,(H,25,28,30). The number of fused-ring (bicyclic) bond motifs is 2. The van der Waals surface area contributed by atoms with E-state index >= 15 is 0 Å². The van der Waals surface area contributed by atoms with Crippen molar-refractivity contribution in [3.63, 3.8) is 0 Å². The average molecular weight is 438 g/mol. The van der Waals surface area contributed by atoms with Crippen LogP contribution in [0.25, 0.3) is 22.1 Å². The summed E-state index contributed by atoms with van der Waals surface area (Å²) in [7, 11) is 0. The van der Waals surface area contributed by atoms with E-state index in [0.29, 0.717) is 41.2 Å². The fourth-order valence-corrected chi connectivity index (χ4v) is 3.88. The Kier molecular flexibility index (Phi) is 5.98. The van der Waals surface area contributed by atoms with Gasteiger partial charge in [-0.2, -0.15) is 0 Å². The predicted molar refractivity (Wildman–Crippen MR) is 120 cm³/mol. The molecular weight excluding hydrogens is 412 g/mol. The number of rotatable bonds is 8. The number of benzene rings is 1. The summed E-state index contributed by atoms with van der Waals surface area (Å²) in [5.41, 5.74) is 0.960. The van der Waals surface area contributed by atoms with E-state index in [-0.39, 0.29) is 12.4 Å². The summed E-state index contributed by atoms with van der Waals surface area (Å²) in [6.45, 7) is 6.60. The van der Waals surface area contributed by atoms with Crippen LogP contribution >= 0.6 is 0 Å². The normalized spacial score (nSPS) is 11.5. The fraction of sp³-hybridized carbons (Fsp3) is 0.391. The van der Waals surface area contributed by atoms with Crippen molar-refractivity contribution in [2.45, 2.75) is 59.7 Å². The Bertz CT molecular complexity index is 1410. The highest BCUT2D eigenvalue weighted by atomic mass is 16.5. The number of ether oxygens (including phenoxy) is 1. The van der Waals surface area contributed by atoms with E-state index in [2.05, 4.69) is 9.97 Å². The quantitative estimate of drug-likeness (QED) is 0.421. The van der Waals surface area contributed by atoms with Gasteiger partial charge in [0.25, 0.3) is 5.56 Å². The molecule has 9 heteroatoms. The number of hydrogen-bond acceptors (Lipinski definition) is 6. The maximum atomic E-state index is 12.7. The summed E-state index contributed by atoms with van der Waals surface area (Å²) in [6, 6.07) is 7.39. The van der Waals surface area contributed by atoms with Crippen molar-refractivity contribution in [1.29, 1.82) is 0 Å². The van der Waals surface area contributed by atoms with Crippen molar-refractivity contribution in [2.75, 3.05) is 0 Å². The highest BCUT2D eigenvalue weighted by molar-refractivity contribution is 5.95. The van der Waals surface area contributed by atoms with Crippen LogP contribution in [0.5, 0.6) is 0 Å². The number of nitrogens with zero attached hydrogens (tertiary/aromatic N) is 3. The van der Waals surface area contributed by atoms with Crippen LogP contribution in [-0.2, 0) is 24.4 Å². The van der Waals surface area contributed by atoms with Gasteiger partial charge in [0.2, 0.25) is 5.76 Å². The van der Waals surface area contributed by atoms with Gasteiger partial charge in [0.1, 0.15) is 18.0 Å². The van der Waals surface area contributed by atoms with Gasteiger partial charge in [0.15, 0.2) is 11.2 Å². The van der Waals surface area contributed by atoms with E-state index in [0.717, 1.165) is 24.6 Å². The maximum Gasteiger partial charge on any atom is 0.375 e. The second-order valence-electron chi connectivity index (χ2n) is 7.74. The molecule has 1 aromatic carbocycles. The first-order valence-electron chi connectivity index (χ1n) is 10.8. The fourth-order valence-electron chi connectivity index (χ4n) is 3.88. The second-order valence-corrected chi connectivity index (χ2v) is 7.74. The van der Waals surface area contributed by atoms with Gasteiger partial charge in [0, 0.05) is 24.0 Å². The van der Waals surface area contributed by atoms with Gasteiger partial charge in [-0.1, -0.05) is 38.5 Å². The first-order valence-corrected chi connectivity index (χ1v) is 10.8. The Morgan fingerprint density at radius 2 is 1.91 bits per heavy atom. The van der Waals surface area contributed by atoms with Crippen molar-refractivity contribution in [3.05, 3.63) is 62.3 Å². The van der Waals surface area contributed by atoms with Crippen LogP contribution in [0.2, 0.25) is 0 Å². The molecule has 0 aliphatic heterocycles. The first-order chi connectivity index (χ1) is 15.5. The predicted octanol–water partition coefficient (Wildman–Crippen LogP) is 3.51. The third-order valence-corrected chi connectivity index (χ3v) is 5.51. The number of H-pyrrole nitrogens is 1. The highest BCUT2D eigenvalue weighted by Crippen LogP contribution is 2.25. The number of nitrogens with one attached hydrogen (secondary N) is 1. The number of esters is 1. The van der Waals surface area contributed by atoms with Crippen molar-refractivity contribution >= 4 is 28.1 Å². The molecule has 0 saturated heterocycles. The molecule has 0 unspecified atom stereocenters. The van der Waals surface area contributed by atoms with E-state index in [4.69, 9.17) is 9.15 Å². The molecule has 0 atom stereocenters. The minimum absolute atomic E-state index is 0.141. The Balaban J connectivity index is 1.70. The van der Waals surface area contributed by atoms with Crippen LogP contribution in [-0.4, -0.2) is 25.1 Å². The molecule has 0 spiro atoms. The molecule has 0 radical (unpaired) electrons. The molecule has 0 aliphatic carbocycles. The molecule has 0 fully saturated rings. The lowest BCUT2D eigenvalue weighted by Gasteiger charge is -2.08. The van der Waals surface area contributed by atoms with Gasteiger partial charge in [0.05, 0.1) is 0 Å². The van der Waals surface area contributed by atoms with Gasteiger partial charge < -0.3 is 13.7 Å². The number of unbranched alkanes of at least 4 members (excludes halogenated alkanes) is 1. The SMILES string of the molecule is CCCCn1c(=O)[nH]c(=O)c2c1nc(COC(=O)c1oc3ccccc3c1C)n2CCC. The second kappa shape index (κ2) is 8.86. The zero-order chi connectivity index (χ0) is 22.8. The van der Waals surface area contributed by atoms with Crippen LogP contribution < -0.4 is 11.2 Å². The Hall–Kier alpha value is -3.62. The lowest BCUT2D eigenvalue weighted by atomic mass is 10.1. The van der Waals surface area contributed by atoms with Gasteiger partial charge in [-0.15, -0.1) is 0 Å². The Labute approximate surface area is 183 Å². The number of aryl methyl sites for hydroxylation is 3. The molecule has 0 saturated carbocycles. The minimum Gasteiger partial charge on any atom is -0.452 e. The van der Waals surface area contributed by atoms with Crippen molar-refractivity contribution in [2.24, 2.45) is 0 Å². The molecule has 9 nitrogen and oxygen atoms in total. The van der Waals surface area contributed by atoms with E-state index in [1.807, 2.05) is 32.0 Å². The summed E-state index contributed by atoms with van der Waals surface area (Å²) in [6.07, 6.45) is 2.41. The van der Waals surface area contributed by atoms with E-state index in [1.165, 1.54) is 4.57 Å². The molecule has 1 N–H and O–H groups in total. The van der Waals surface area contributed by atoms with Crippen LogP contribution in [0.15, 0.2) is 38.3 Å². The molecule has 4 rings (SSSR count). The lowest BCUT2D eigenvalue weighted by molar-refractivity contribution is 0.0423. The first kappa shape index (κ1) is 21.6. The van der Waals surface area contributed by atoms with Crippen LogP contribution in [0.4, 0.5) is 0 Å². The number of furan rings is 1. The molecule has 32 heavy (non-hydrogen) atoms. The van der Waals surface area contributed by atoms with Gasteiger partial charge in [-0.05, 0) is 25.8 Å². The highest BCUT2D eigenvalue weighted by Gasteiger charge is 2.22. The van der Waals surface area contributed by atoms with Gasteiger partial charge in [-0.3, -0.25) is 14.3 Å². The van der Waals surface area contributed by atoms with Crippen molar-refractivity contribution < 1.29 is 13.9 Å². The van der Waals surface area contributed by atoms with E-state index in [1.54, 1.807) is 17.6 Å². The summed E-state index contributed by atoms with van der Waals surface area (Å²) >= 11 is 0. The van der Waals surface area contributed by atoms with Crippen molar-refractivity contribution in [3.8, 4) is 0 Å². The smallest absolute Gasteiger partial charge is 0.375 e. The molecule has 0 amide bonds. The Morgan fingerprint density at radius 1 is 1.12 bits per heavy atom. The summed E-state index contributed by atoms with van der Waals surface area (Å²) in [5, 5.41) is 0.851. The molecule has 4 aromatic rings. The molecule has 0 bridgehead atoms. The molecule has 3 aromatic heterocycles. The average Bonchev–Trinajstić information content (AvgIpc) is 3.31. The van der Waals surface area contributed by atoms with Gasteiger partial charge >= 0.3 is 11.7 Å². The third-order valence-electron chi connectivity index (χ3n) is 5.51. The zero-order valence-electron chi connectivity index (χ0n) is 18.4. The number of carbonyl (C=O) groups is 1. The topological polar surface area (TPSA) is 112 Å². The largest absolute Gasteiger partial charge is 0.452 e. The van der Waals surface area contributed by atoms with E-state index < -0.39 is 17.2 Å². The number of aromatic amines is 1. The van der Waals surface area contributed by atoms with Crippen LogP contribution in [0.3, 0.4) is 0 Å². The molecule has 0 aliphatic rings. The minimum atomic E-state index is -0.605. The molecular formula is C23H26N4O5. The lowest BCUT2D eigenvalue weighted by Crippen LogP contribution is -2.31. The third kappa shape index (κ3) is 3.74. The number of aromatic nitrogens is 4.